The van der Waals surface area contributed by atoms with Crippen molar-refractivity contribution in [2.45, 2.75) is 50.9 Å². The first kappa shape index (κ1) is 19.1. The third-order valence-corrected chi connectivity index (χ3v) is 10.3. The molecule has 0 spiro atoms. The van der Waals surface area contributed by atoms with Crippen LogP contribution in [-0.4, -0.2) is 27.1 Å². The van der Waals surface area contributed by atoms with Crippen LogP contribution in [0.25, 0.3) is 0 Å². The van der Waals surface area contributed by atoms with Gasteiger partial charge in [0, 0.05) is 6.42 Å². The molecule has 0 N–H and O–H groups in total. The molecule has 0 radical (unpaired) electrons. The Morgan fingerprint density at radius 2 is 1.58 bits per heavy atom. The van der Waals surface area contributed by atoms with Crippen molar-refractivity contribution in [3.63, 3.8) is 0 Å². The third kappa shape index (κ3) is 3.71. The zero-order valence-electron chi connectivity index (χ0n) is 16.2. The Morgan fingerprint density at radius 3 is 2.04 bits per heavy atom. The van der Waals surface area contributed by atoms with Crippen molar-refractivity contribution >= 4 is 18.7 Å². The zero-order valence-corrected chi connectivity index (χ0v) is 17.2. The summed E-state index contributed by atoms with van der Waals surface area (Å²) >= 11 is 0. The summed E-state index contributed by atoms with van der Waals surface area (Å²) in [5, 5.41) is 2.66. The van der Waals surface area contributed by atoms with Gasteiger partial charge in [-0.25, -0.2) is 0 Å². The van der Waals surface area contributed by atoms with Gasteiger partial charge >= 0.3 is 0 Å². The topological polar surface area (TPSA) is 18.5 Å². The highest BCUT2D eigenvalue weighted by Gasteiger charge is 2.52. The lowest BCUT2D eigenvalue weighted by molar-refractivity contribution is 0.0936. The first-order valence-corrected chi connectivity index (χ1v) is 11.4. The van der Waals surface area contributed by atoms with Crippen molar-refractivity contribution in [1.82, 2.24) is 0 Å². The van der Waals surface area contributed by atoms with E-state index in [0.717, 1.165) is 12.8 Å². The minimum Gasteiger partial charge on any atom is -0.402 e. The van der Waals surface area contributed by atoms with Gasteiger partial charge in [0.25, 0.3) is 8.32 Å². The standard InChI is InChI=1S/C23H30O2Si/c1-5-12-19-17-20(18-24-19)25-26(23(2,3)4,21-13-8-6-9-14-21)22-15-10-7-11-16-22/h5-11,13-16,19-20H,1,12,17-18H2,2-4H3/t19-,20+/m0/s1. The van der Waals surface area contributed by atoms with Gasteiger partial charge in [-0.05, 0) is 21.8 Å². The van der Waals surface area contributed by atoms with Crippen LogP contribution in [-0.2, 0) is 9.16 Å². The van der Waals surface area contributed by atoms with Crippen LogP contribution < -0.4 is 10.4 Å². The van der Waals surface area contributed by atoms with E-state index in [0.29, 0.717) is 6.61 Å². The number of hydrogen-bond acceptors (Lipinski definition) is 2. The number of rotatable bonds is 6. The van der Waals surface area contributed by atoms with Crippen LogP contribution in [0.1, 0.15) is 33.6 Å². The molecule has 1 aliphatic heterocycles. The van der Waals surface area contributed by atoms with Crippen molar-refractivity contribution in [2.24, 2.45) is 0 Å². The van der Waals surface area contributed by atoms with Gasteiger partial charge < -0.3 is 9.16 Å². The lowest BCUT2D eigenvalue weighted by Crippen LogP contribution is -2.67. The maximum absolute atomic E-state index is 7.09. The Hall–Kier alpha value is -1.68. The molecule has 3 heteroatoms. The highest BCUT2D eigenvalue weighted by molar-refractivity contribution is 6.99. The number of hydrogen-bond donors (Lipinski definition) is 0. The van der Waals surface area contributed by atoms with Crippen LogP contribution >= 0.6 is 0 Å². The minimum atomic E-state index is -2.47. The van der Waals surface area contributed by atoms with Gasteiger partial charge in [-0.15, -0.1) is 6.58 Å². The molecule has 0 saturated carbocycles. The fraction of sp³-hybridized carbons (Fsp3) is 0.391. The Bertz CT molecular complexity index is 666. The lowest BCUT2D eigenvalue weighted by atomic mass is 10.1. The fourth-order valence-corrected chi connectivity index (χ4v) is 8.73. The quantitative estimate of drug-likeness (QED) is 0.561. The average molecular weight is 367 g/mol. The molecule has 2 aromatic rings. The van der Waals surface area contributed by atoms with E-state index in [4.69, 9.17) is 9.16 Å². The van der Waals surface area contributed by atoms with Crippen LogP contribution in [0.2, 0.25) is 5.04 Å². The molecule has 0 unspecified atom stereocenters. The van der Waals surface area contributed by atoms with Gasteiger partial charge in [-0.1, -0.05) is 87.5 Å². The van der Waals surface area contributed by atoms with Gasteiger partial charge in [-0.3, -0.25) is 0 Å². The van der Waals surface area contributed by atoms with E-state index in [2.05, 4.69) is 88.0 Å². The van der Waals surface area contributed by atoms with Crippen LogP contribution in [0.3, 0.4) is 0 Å². The van der Waals surface area contributed by atoms with E-state index >= 15 is 0 Å². The van der Waals surface area contributed by atoms with E-state index in [1.165, 1.54) is 10.4 Å². The normalized spacial score (nSPS) is 20.9. The van der Waals surface area contributed by atoms with Crippen LogP contribution in [0.5, 0.6) is 0 Å². The van der Waals surface area contributed by atoms with Crippen molar-refractivity contribution < 1.29 is 9.16 Å². The van der Waals surface area contributed by atoms with Crippen LogP contribution in [0.15, 0.2) is 73.3 Å². The summed E-state index contributed by atoms with van der Waals surface area (Å²) in [6.07, 6.45) is 4.13. The van der Waals surface area contributed by atoms with Crippen LogP contribution in [0, 0.1) is 0 Å². The molecule has 1 fully saturated rings. The predicted molar refractivity (Wildman–Crippen MR) is 112 cm³/mol. The monoisotopic (exact) mass is 366 g/mol. The molecule has 2 nitrogen and oxygen atoms in total. The smallest absolute Gasteiger partial charge is 0.261 e. The molecule has 0 aromatic heterocycles. The Labute approximate surface area is 159 Å². The van der Waals surface area contributed by atoms with Crippen LogP contribution in [0.4, 0.5) is 0 Å². The minimum absolute atomic E-state index is 0.00618. The maximum atomic E-state index is 7.09. The molecule has 0 bridgehead atoms. The summed E-state index contributed by atoms with van der Waals surface area (Å²) in [5.74, 6) is 0. The van der Waals surface area contributed by atoms with Gasteiger partial charge in [0.05, 0.1) is 18.8 Å². The molecule has 2 aromatic carbocycles. The Kier molecular flexibility index (Phi) is 5.81. The molecule has 26 heavy (non-hydrogen) atoms. The van der Waals surface area contributed by atoms with E-state index < -0.39 is 8.32 Å². The van der Waals surface area contributed by atoms with Crippen molar-refractivity contribution in [3.05, 3.63) is 73.3 Å². The molecule has 1 aliphatic rings. The SMILES string of the molecule is C=CC[C@H]1C[C@@H](O[Si](c2ccccc2)(c2ccccc2)C(C)(C)C)CO1. The molecule has 1 saturated heterocycles. The van der Waals surface area contributed by atoms with Gasteiger partial charge in [-0.2, -0.15) is 0 Å². The van der Waals surface area contributed by atoms with Crippen molar-refractivity contribution in [3.8, 4) is 0 Å². The van der Waals surface area contributed by atoms with E-state index in [1.54, 1.807) is 0 Å². The first-order chi connectivity index (χ1) is 12.5. The summed E-state index contributed by atoms with van der Waals surface area (Å²) in [6.45, 7) is 11.5. The summed E-state index contributed by atoms with van der Waals surface area (Å²) in [7, 11) is -2.47. The highest BCUT2D eigenvalue weighted by atomic mass is 28.4. The second kappa shape index (κ2) is 7.91. The highest BCUT2D eigenvalue weighted by Crippen LogP contribution is 2.38. The third-order valence-electron chi connectivity index (χ3n) is 5.23. The molecule has 0 amide bonds. The molecule has 1 heterocycles. The maximum Gasteiger partial charge on any atom is 0.261 e. The second-order valence-corrected chi connectivity index (χ2v) is 12.4. The van der Waals surface area contributed by atoms with Crippen molar-refractivity contribution in [2.75, 3.05) is 6.61 Å². The molecular formula is C23H30O2Si. The molecule has 0 aliphatic carbocycles. The fourth-order valence-electron chi connectivity index (χ4n) is 4.05. The number of ether oxygens (including phenoxy) is 1. The van der Waals surface area contributed by atoms with Gasteiger partial charge in [0.1, 0.15) is 0 Å². The van der Waals surface area contributed by atoms with Gasteiger partial charge in [0.2, 0.25) is 0 Å². The molecule has 3 rings (SSSR count). The van der Waals surface area contributed by atoms with Crippen molar-refractivity contribution in [1.29, 1.82) is 0 Å². The van der Waals surface area contributed by atoms with E-state index in [-0.39, 0.29) is 17.2 Å². The predicted octanol–water partition coefficient (Wildman–Crippen LogP) is 4.30. The Morgan fingerprint density at radius 1 is 1.04 bits per heavy atom. The molecule has 138 valence electrons. The lowest BCUT2D eigenvalue weighted by Gasteiger charge is -2.44. The molecular weight excluding hydrogens is 336 g/mol. The Balaban J connectivity index is 2.05. The van der Waals surface area contributed by atoms with E-state index in [1.807, 2.05) is 6.08 Å². The summed E-state index contributed by atoms with van der Waals surface area (Å²) in [5.41, 5.74) is 0. The zero-order chi connectivity index (χ0) is 18.6. The summed E-state index contributed by atoms with van der Waals surface area (Å²) in [6, 6.07) is 21.6. The van der Waals surface area contributed by atoms with E-state index in [9.17, 15) is 0 Å². The summed E-state index contributed by atoms with van der Waals surface area (Å²) in [4.78, 5) is 0. The first-order valence-electron chi connectivity index (χ1n) is 9.49. The van der Waals surface area contributed by atoms with Gasteiger partial charge in [0.15, 0.2) is 0 Å². The average Bonchev–Trinajstić information content (AvgIpc) is 3.07. The summed E-state index contributed by atoms with van der Waals surface area (Å²) < 4.78 is 13.1. The number of benzene rings is 2. The molecule has 2 atom stereocenters. The largest absolute Gasteiger partial charge is 0.402 e. The second-order valence-electron chi connectivity index (χ2n) is 8.12.